The van der Waals surface area contributed by atoms with Crippen LogP contribution in [0.4, 0.5) is 5.13 Å². The molecule has 0 bridgehead atoms. The zero-order valence-corrected chi connectivity index (χ0v) is 14.5. The molecule has 1 aromatic carbocycles. The lowest BCUT2D eigenvalue weighted by Gasteiger charge is -2.04. The molecule has 0 aliphatic rings. The molecule has 0 fully saturated rings. The normalized spacial score (nSPS) is 10.5. The molecule has 2 aromatic heterocycles. The van der Waals surface area contributed by atoms with Crippen LogP contribution in [0.2, 0.25) is 5.02 Å². The van der Waals surface area contributed by atoms with Gasteiger partial charge in [-0.3, -0.25) is 15.1 Å². The van der Waals surface area contributed by atoms with Crippen LogP contribution in [0.15, 0.2) is 36.0 Å². The monoisotopic (exact) mass is 360 g/mol. The Bertz CT molecular complexity index is 880. The summed E-state index contributed by atoms with van der Waals surface area (Å²) in [6.45, 7) is 1.81. The molecule has 0 saturated carbocycles. The number of anilines is 1. The van der Waals surface area contributed by atoms with Crippen molar-refractivity contribution in [3.8, 4) is 17.0 Å². The smallest absolute Gasteiger partial charge is 0.277 e. The maximum Gasteiger partial charge on any atom is 0.277 e. The molecular formula is C16H13ClN4O2S. The van der Waals surface area contributed by atoms with Crippen molar-refractivity contribution in [1.82, 2.24) is 15.0 Å². The molecule has 1 N–H and O–H groups in total. The molecular weight excluding hydrogens is 348 g/mol. The zero-order chi connectivity index (χ0) is 17.1. The summed E-state index contributed by atoms with van der Waals surface area (Å²) in [6, 6.07) is 5.40. The highest BCUT2D eigenvalue weighted by atomic mass is 35.5. The topological polar surface area (TPSA) is 77.0 Å². The second kappa shape index (κ2) is 6.94. The summed E-state index contributed by atoms with van der Waals surface area (Å²) >= 11 is 7.45. The van der Waals surface area contributed by atoms with Crippen molar-refractivity contribution in [3.63, 3.8) is 0 Å². The van der Waals surface area contributed by atoms with E-state index in [1.807, 2.05) is 18.4 Å². The van der Waals surface area contributed by atoms with E-state index in [9.17, 15) is 4.79 Å². The fraction of sp³-hybridized carbons (Fsp3) is 0.125. The van der Waals surface area contributed by atoms with Crippen molar-refractivity contribution in [2.75, 3.05) is 12.4 Å². The third kappa shape index (κ3) is 3.52. The number of nitrogens with one attached hydrogen (secondary N) is 1. The lowest BCUT2D eigenvalue weighted by molar-refractivity contribution is 0.102. The number of hydrogen-bond donors (Lipinski definition) is 1. The number of nitrogens with zero attached hydrogens (tertiary/aromatic N) is 3. The predicted octanol–water partition coefficient (Wildman–Crippen LogP) is 3.82. The fourth-order valence-corrected chi connectivity index (χ4v) is 2.93. The van der Waals surface area contributed by atoms with Crippen LogP contribution < -0.4 is 10.1 Å². The van der Waals surface area contributed by atoms with Gasteiger partial charge in [-0.25, -0.2) is 9.97 Å². The molecule has 2 heterocycles. The highest BCUT2D eigenvalue weighted by Gasteiger charge is 2.12. The number of aromatic nitrogens is 3. The SMILES string of the molecule is COc1ccc(-c2csc(NC(=O)c3cnc(C)cn3)n2)cc1Cl. The Kier molecular flexibility index (Phi) is 4.73. The number of carbonyl (C=O) groups is 1. The summed E-state index contributed by atoms with van der Waals surface area (Å²) in [5, 5.41) is 5.53. The fourth-order valence-electron chi connectivity index (χ4n) is 1.96. The van der Waals surface area contributed by atoms with E-state index in [4.69, 9.17) is 16.3 Å². The lowest BCUT2D eigenvalue weighted by atomic mass is 10.2. The highest BCUT2D eigenvalue weighted by molar-refractivity contribution is 7.14. The average Bonchev–Trinajstić information content (AvgIpc) is 3.04. The third-order valence-electron chi connectivity index (χ3n) is 3.19. The molecule has 0 unspecified atom stereocenters. The van der Waals surface area contributed by atoms with E-state index in [2.05, 4.69) is 20.3 Å². The lowest BCUT2D eigenvalue weighted by Crippen LogP contribution is -2.13. The van der Waals surface area contributed by atoms with Crippen LogP contribution in [0.5, 0.6) is 5.75 Å². The molecule has 0 aliphatic carbocycles. The van der Waals surface area contributed by atoms with E-state index >= 15 is 0 Å². The van der Waals surface area contributed by atoms with Crippen LogP contribution in [0.1, 0.15) is 16.2 Å². The second-order valence-electron chi connectivity index (χ2n) is 4.88. The summed E-state index contributed by atoms with van der Waals surface area (Å²) in [7, 11) is 1.56. The maximum atomic E-state index is 12.1. The van der Waals surface area contributed by atoms with Crippen molar-refractivity contribution in [1.29, 1.82) is 0 Å². The first-order valence-electron chi connectivity index (χ1n) is 6.96. The summed E-state index contributed by atoms with van der Waals surface area (Å²) in [4.78, 5) is 24.6. The first-order valence-corrected chi connectivity index (χ1v) is 8.22. The minimum absolute atomic E-state index is 0.241. The second-order valence-corrected chi connectivity index (χ2v) is 6.15. The summed E-state index contributed by atoms with van der Waals surface area (Å²) in [5.41, 5.74) is 2.55. The number of halogens is 1. The number of thiazole rings is 1. The standard InChI is InChI=1S/C16H13ClN4O2S/c1-9-6-19-12(7-18-9)15(22)21-16-20-13(8-24-16)10-3-4-14(23-2)11(17)5-10/h3-8H,1-2H3,(H,20,21,22). The van der Waals surface area contributed by atoms with Gasteiger partial charge in [0.25, 0.3) is 5.91 Å². The molecule has 6 nitrogen and oxygen atoms in total. The minimum atomic E-state index is -0.351. The summed E-state index contributed by atoms with van der Waals surface area (Å²) in [5.74, 6) is 0.248. The Morgan fingerprint density at radius 1 is 1.29 bits per heavy atom. The van der Waals surface area contributed by atoms with Gasteiger partial charge < -0.3 is 4.74 Å². The van der Waals surface area contributed by atoms with Gasteiger partial charge >= 0.3 is 0 Å². The summed E-state index contributed by atoms with van der Waals surface area (Å²) < 4.78 is 5.13. The molecule has 3 aromatic rings. The molecule has 3 rings (SSSR count). The molecule has 0 saturated heterocycles. The highest BCUT2D eigenvalue weighted by Crippen LogP contribution is 2.31. The molecule has 1 amide bonds. The van der Waals surface area contributed by atoms with E-state index in [-0.39, 0.29) is 11.6 Å². The zero-order valence-electron chi connectivity index (χ0n) is 12.9. The molecule has 0 radical (unpaired) electrons. The number of rotatable bonds is 4. The average molecular weight is 361 g/mol. The van der Waals surface area contributed by atoms with E-state index in [0.717, 1.165) is 17.0 Å². The molecule has 0 atom stereocenters. The number of benzene rings is 1. The van der Waals surface area contributed by atoms with Crippen LogP contribution in [0, 0.1) is 6.92 Å². The van der Waals surface area contributed by atoms with Crippen molar-refractivity contribution in [2.45, 2.75) is 6.92 Å². The van der Waals surface area contributed by atoms with Gasteiger partial charge in [-0.2, -0.15) is 0 Å². The van der Waals surface area contributed by atoms with Gasteiger partial charge in [0, 0.05) is 17.1 Å². The van der Waals surface area contributed by atoms with E-state index in [1.165, 1.54) is 17.5 Å². The van der Waals surface area contributed by atoms with Gasteiger partial charge in [0.1, 0.15) is 11.4 Å². The third-order valence-corrected chi connectivity index (χ3v) is 4.24. The maximum absolute atomic E-state index is 12.1. The Morgan fingerprint density at radius 3 is 2.79 bits per heavy atom. The molecule has 122 valence electrons. The van der Waals surface area contributed by atoms with Gasteiger partial charge in [0.2, 0.25) is 0 Å². The van der Waals surface area contributed by atoms with Crippen molar-refractivity contribution >= 4 is 34.0 Å². The van der Waals surface area contributed by atoms with E-state index in [0.29, 0.717) is 15.9 Å². The predicted molar refractivity (Wildman–Crippen MR) is 93.8 cm³/mol. The Morgan fingerprint density at radius 2 is 2.12 bits per heavy atom. The Balaban J connectivity index is 1.77. The number of ether oxygens (including phenoxy) is 1. The number of amides is 1. The number of hydrogen-bond acceptors (Lipinski definition) is 6. The van der Waals surface area contributed by atoms with E-state index < -0.39 is 0 Å². The molecule has 0 aliphatic heterocycles. The van der Waals surface area contributed by atoms with Gasteiger partial charge in [-0.05, 0) is 25.1 Å². The number of aryl methyl sites for hydroxylation is 1. The molecule has 24 heavy (non-hydrogen) atoms. The largest absolute Gasteiger partial charge is 0.495 e. The van der Waals surface area contributed by atoms with Crippen LogP contribution in [0.3, 0.4) is 0 Å². The van der Waals surface area contributed by atoms with Crippen molar-refractivity contribution in [2.24, 2.45) is 0 Å². The van der Waals surface area contributed by atoms with Crippen molar-refractivity contribution < 1.29 is 9.53 Å². The molecule has 8 heteroatoms. The van der Waals surface area contributed by atoms with Crippen LogP contribution >= 0.6 is 22.9 Å². The van der Waals surface area contributed by atoms with Crippen LogP contribution in [-0.2, 0) is 0 Å². The van der Waals surface area contributed by atoms with E-state index in [1.54, 1.807) is 25.4 Å². The van der Waals surface area contributed by atoms with Crippen molar-refractivity contribution in [3.05, 3.63) is 52.4 Å². The van der Waals surface area contributed by atoms with Gasteiger partial charge in [0.05, 0.1) is 29.7 Å². The van der Waals surface area contributed by atoms with Crippen LogP contribution in [0.25, 0.3) is 11.3 Å². The first-order chi connectivity index (χ1) is 11.6. The first kappa shape index (κ1) is 16.4. The van der Waals surface area contributed by atoms with Gasteiger partial charge in [-0.15, -0.1) is 11.3 Å². The Hall–Kier alpha value is -2.51. The quantitative estimate of drug-likeness (QED) is 0.765. The number of methoxy groups -OCH3 is 1. The molecule has 0 spiro atoms. The van der Waals surface area contributed by atoms with Crippen LogP contribution in [-0.4, -0.2) is 28.0 Å². The number of carbonyl (C=O) groups excluding carboxylic acids is 1. The Labute approximate surface area is 147 Å². The summed E-state index contributed by atoms with van der Waals surface area (Å²) in [6.07, 6.45) is 2.98. The van der Waals surface area contributed by atoms with Gasteiger partial charge in [0.15, 0.2) is 5.13 Å². The minimum Gasteiger partial charge on any atom is -0.495 e. The van der Waals surface area contributed by atoms with Gasteiger partial charge in [-0.1, -0.05) is 11.6 Å².